The molecule has 20 heavy (non-hydrogen) atoms. The fraction of sp³-hybridized carbons (Fsp3) is 0.733. The minimum atomic E-state index is 0.0427. The van der Waals surface area contributed by atoms with Crippen LogP contribution in [0.3, 0.4) is 0 Å². The number of rotatable bonds is 1. The van der Waals surface area contributed by atoms with Gasteiger partial charge in [0, 0.05) is 19.5 Å². The normalized spacial score (nSPS) is 29.4. The van der Waals surface area contributed by atoms with E-state index in [0.717, 1.165) is 35.2 Å². The van der Waals surface area contributed by atoms with Crippen LogP contribution in [0.2, 0.25) is 0 Å². The number of carbonyl (C=O) groups is 1. The standard InChI is InChI=1S/C15H22N2O2S/c1-9-7-17(8-10(2)19-9)14-16-11-5-15(3,4)6-12(18)13(11)20-14/h9-10H,5-8H2,1-4H3/t9-,10-/m1/s1. The van der Waals surface area contributed by atoms with Crippen molar-refractivity contribution >= 4 is 22.3 Å². The van der Waals surface area contributed by atoms with Crippen LogP contribution in [0.4, 0.5) is 5.13 Å². The minimum absolute atomic E-state index is 0.0427. The Bertz CT molecular complexity index is 528. The van der Waals surface area contributed by atoms with E-state index in [1.807, 2.05) is 0 Å². The number of morpholine rings is 1. The second-order valence-electron chi connectivity index (χ2n) is 6.88. The predicted octanol–water partition coefficient (Wildman–Crippen LogP) is 2.91. The summed E-state index contributed by atoms with van der Waals surface area (Å²) in [4.78, 5) is 20.2. The Hall–Kier alpha value is -0.940. The molecule has 2 aliphatic rings. The van der Waals surface area contributed by atoms with Crippen LogP contribution < -0.4 is 4.90 Å². The van der Waals surface area contributed by atoms with Crippen molar-refractivity contribution in [1.82, 2.24) is 4.98 Å². The van der Waals surface area contributed by atoms with Gasteiger partial charge in [-0.1, -0.05) is 25.2 Å². The molecular formula is C15H22N2O2S. The highest BCUT2D eigenvalue weighted by Gasteiger charge is 2.35. The fourth-order valence-corrected chi connectivity index (χ4v) is 4.22. The minimum Gasteiger partial charge on any atom is -0.372 e. The van der Waals surface area contributed by atoms with Gasteiger partial charge in [0.15, 0.2) is 10.9 Å². The maximum Gasteiger partial charge on any atom is 0.186 e. The zero-order valence-corrected chi connectivity index (χ0v) is 13.4. The summed E-state index contributed by atoms with van der Waals surface area (Å²) in [6.45, 7) is 10.2. The molecule has 1 aromatic rings. The van der Waals surface area contributed by atoms with Gasteiger partial charge in [0.1, 0.15) is 0 Å². The lowest BCUT2D eigenvalue weighted by molar-refractivity contribution is -0.00524. The van der Waals surface area contributed by atoms with Crippen LogP contribution in [0.1, 0.15) is 49.5 Å². The Balaban J connectivity index is 1.88. The van der Waals surface area contributed by atoms with E-state index in [0.29, 0.717) is 6.42 Å². The highest BCUT2D eigenvalue weighted by Crippen LogP contribution is 2.39. The van der Waals surface area contributed by atoms with Gasteiger partial charge in [0.25, 0.3) is 0 Å². The molecule has 0 saturated carbocycles. The van der Waals surface area contributed by atoms with E-state index >= 15 is 0 Å². The predicted molar refractivity (Wildman–Crippen MR) is 80.8 cm³/mol. The molecule has 0 N–H and O–H groups in total. The van der Waals surface area contributed by atoms with Crippen molar-refractivity contribution in [3.05, 3.63) is 10.6 Å². The van der Waals surface area contributed by atoms with E-state index < -0.39 is 0 Å². The molecule has 3 rings (SSSR count). The summed E-state index contributed by atoms with van der Waals surface area (Å²) < 4.78 is 5.76. The Labute approximate surface area is 124 Å². The third kappa shape index (κ3) is 2.61. The van der Waals surface area contributed by atoms with Crippen LogP contribution in [0, 0.1) is 5.41 Å². The zero-order valence-electron chi connectivity index (χ0n) is 12.6. The van der Waals surface area contributed by atoms with Gasteiger partial charge in [-0.2, -0.15) is 0 Å². The van der Waals surface area contributed by atoms with Gasteiger partial charge in [-0.25, -0.2) is 4.98 Å². The third-order valence-corrected chi connectivity index (χ3v) is 5.11. The molecule has 1 aliphatic heterocycles. The number of nitrogens with zero attached hydrogens (tertiary/aromatic N) is 2. The Morgan fingerprint density at radius 2 is 1.90 bits per heavy atom. The molecule has 1 aliphatic carbocycles. The van der Waals surface area contributed by atoms with Gasteiger partial charge in [-0.3, -0.25) is 4.79 Å². The number of hydrogen-bond donors (Lipinski definition) is 0. The summed E-state index contributed by atoms with van der Waals surface area (Å²) in [6, 6.07) is 0. The van der Waals surface area contributed by atoms with Crippen molar-refractivity contribution in [3.63, 3.8) is 0 Å². The summed E-state index contributed by atoms with van der Waals surface area (Å²) in [7, 11) is 0. The van der Waals surface area contributed by atoms with Crippen molar-refractivity contribution in [2.45, 2.75) is 52.7 Å². The smallest absolute Gasteiger partial charge is 0.186 e. The van der Waals surface area contributed by atoms with E-state index in [4.69, 9.17) is 9.72 Å². The first-order chi connectivity index (χ1) is 9.34. The molecule has 1 aromatic heterocycles. The number of fused-ring (bicyclic) bond motifs is 1. The number of thiazole rings is 1. The van der Waals surface area contributed by atoms with Gasteiger partial charge in [-0.05, 0) is 25.7 Å². The number of aromatic nitrogens is 1. The van der Waals surface area contributed by atoms with Crippen molar-refractivity contribution < 1.29 is 9.53 Å². The lowest BCUT2D eigenvalue weighted by Crippen LogP contribution is -2.45. The topological polar surface area (TPSA) is 42.4 Å². The van der Waals surface area contributed by atoms with Crippen LogP contribution in [0.15, 0.2) is 0 Å². The molecule has 5 heteroatoms. The fourth-order valence-electron chi connectivity index (χ4n) is 3.18. The van der Waals surface area contributed by atoms with Gasteiger partial charge in [-0.15, -0.1) is 0 Å². The zero-order chi connectivity index (χ0) is 14.5. The number of hydrogen-bond acceptors (Lipinski definition) is 5. The van der Waals surface area contributed by atoms with Crippen molar-refractivity contribution in [2.75, 3.05) is 18.0 Å². The van der Waals surface area contributed by atoms with Crippen LogP contribution >= 0.6 is 11.3 Å². The molecule has 0 unspecified atom stereocenters. The van der Waals surface area contributed by atoms with Crippen LogP contribution in [-0.2, 0) is 11.2 Å². The van der Waals surface area contributed by atoms with Gasteiger partial charge >= 0.3 is 0 Å². The molecule has 110 valence electrons. The number of Topliss-reactive ketones (excluding diaryl/α,β-unsaturated/α-hetero) is 1. The summed E-state index contributed by atoms with van der Waals surface area (Å²) in [5, 5.41) is 0.989. The molecule has 2 heterocycles. The molecule has 0 spiro atoms. The average molecular weight is 294 g/mol. The van der Waals surface area contributed by atoms with Crippen molar-refractivity contribution in [3.8, 4) is 0 Å². The molecule has 0 bridgehead atoms. The molecule has 0 radical (unpaired) electrons. The highest BCUT2D eigenvalue weighted by atomic mass is 32.1. The summed E-state index contributed by atoms with van der Waals surface area (Å²) >= 11 is 1.56. The lowest BCUT2D eigenvalue weighted by Gasteiger charge is -2.35. The second kappa shape index (κ2) is 4.81. The molecule has 2 atom stereocenters. The van der Waals surface area contributed by atoms with Crippen LogP contribution in [-0.4, -0.2) is 36.1 Å². The van der Waals surface area contributed by atoms with Crippen molar-refractivity contribution in [2.24, 2.45) is 5.41 Å². The number of carbonyl (C=O) groups excluding carboxylic acids is 1. The van der Waals surface area contributed by atoms with E-state index in [1.54, 1.807) is 11.3 Å². The molecule has 1 fully saturated rings. The van der Waals surface area contributed by atoms with E-state index in [1.165, 1.54) is 0 Å². The highest BCUT2D eigenvalue weighted by molar-refractivity contribution is 7.17. The summed E-state index contributed by atoms with van der Waals surface area (Å²) in [5.74, 6) is 0.259. The number of anilines is 1. The van der Waals surface area contributed by atoms with Gasteiger partial charge in [0.05, 0.1) is 22.8 Å². The second-order valence-corrected chi connectivity index (χ2v) is 7.85. The van der Waals surface area contributed by atoms with Gasteiger partial charge < -0.3 is 9.64 Å². The monoisotopic (exact) mass is 294 g/mol. The van der Waals surface area contributed by atoms with E-state index in [9.17, 15) is 4.79 Å². The van der Waals surface area contributed by atoms with Gasteiger partial charge in [0.2, 0.25) is 0 Å². The first kappa shape index (κ1) is 14.0. The third-order valence-electron chi connectivity index (χ3n) is 3.91. The van der Waals surface area contributed by atoms with E-state index in [-0.39, 0.29) is 23.4 Å². The Morgan fingerprint density at radius 3 is 2.55 bits per heavy atom. The molecular weight excluding hydrogens is 272 g/mol. The van der Waals surface area contributed by atoms with Crippen LogP contribution in [0.25, 0.3) is 0 Å². The largest absolute Gasteiger partial charge is 0.372 e. The Morgan fingerprint density at radius 1 is 1.25 bits per heavy atom. The number of ether oxygens (including phenoxy) is 1. The first-order valence-electron chi connectivity index (χ1n) is 7.27. The maximum absolute atomic E-state index is 12.3. The Kier molecular flexibility index (Phi) is 3.37. The molecule has 0 aromatic carbocycles. The summed E-state index contributed by atoms with van der Waals surface area (Å²) in [5.41, 5.74) is 1.04. The number of ketones is 1. The molecule has 1 saturated heterocycles. The maximum atomic E-state index is 12.3. The summed E-state index contributed by atoms with van der Waals surface area (Å²) in [6.07, 6.45) is 1.97. The van der Waals surface area contributed by atoms with E-state index in [2.05, 4.69) is 32.6 Å². The molecule has 0 amide bonds. The molecule has 4 nitrogen and oxygen atoms in total. The van der Waals surface area contributed by atoms with Crippen molar-refractivity contribution in [1.29, 1.82) is 0 Å². The quantitative estimate of drug-likeness (QED) is 0.798. The SMILES string of the molecule is C[C@@H]1CN(c2nc3c(s2)C(=O)CC(C)(C)C3)C[C@@H](C)O1. The first-order valence-corrected chi connectivity index (χ1v) is 8.09. The lowest BCUT2D eigenvalue weighted by atomic mass is 9.78. The van der Waals surface area contributed by atoms with Crippen LogP contribution in [0.5, 0.6) is 0 Å². The average Bonchev–Trinajstić information content (AvgIpc) is 2.69.